The lowest BCUT2D eigenvalue weighted by Gasteiger charge is -2.10. The summed E-state index contributed by atoms with van der Waals surface area (Å²) in [6.45, 7) is 1.76. The number of aromatic hydroxyl groups is 3. The number of hydrogen-bond acceptors (Lipinski definition) is 3. The summed E-state index contributed by atoms with van der Waals surface area (Å²) in [5.74, 6) is -0.170. The molecular formula is C13H12O3. The van der Waals surface area contributed by atoms with Gasteiger partial charge in [0.2, 0.25) is 0 Å². The van der Waals surface area contributed by atoms with Gasteiger partial charge in [-0.05, 0) is 30.2 Å². The smallest absolute Gasteiger partial charge is 0.165 e. The lowest BCUT2D eigenvalue weighted by Crippen LogP contribution is -1.84. The zero-order valence-corrected chi connectivity index (χ0v) is 8.81. The maximum absolute atomic E-state index is 9.73. The van der Waals surface area contributed by atoms with Crippen LogP contribution in [0.15, 0.2) is 36.4 Å². The third kappa shape index (κ3) is 1.56. The van der Waals surface area contributed by atoms with Crippen LogP contribution in [0.5, 0.6) is 17.2 Å². The van der Waals surface area contributed by atoms with E-state index in [1.165, 1.54) is 6.07 Å². The van der Waals surface area contributed by atoms with Crippen molar-refractivity contribution in [2.45, 2.75) is 6.92 Å². The zero-order valence-electron chi connectivity index (χ0n) is 8.81. The lowest BCUT2D eigenvalue weighted by atomic mass is 9.99. The Hall–Kier alpha value is -2.16. The van der Waals surface area contributed by atoms with E-state index in [-0.39, 0.29) is 17.2 Å². The molecule has 3 heteroatoms. The van der Waals surface area contributed by atoms with Gasteiger partial charge in [0, 0.05) is 5.56 Å². The number of rotatable bonds is 1. The Morgan fingerprint density at radius 1 is 0.750 bits per heavy atom. The van der Waals surface area contributed by atoms with Gasteiger partial charge >= 0.3 is 0 Å². The van der Waals surface area contributed by atoms with Crippen molar-refractivity contribution in [2.75, 3.05) is 0 Å². The Morgan fingerprint density at radius 3 is 2.00 bits per heavy atom. The average molecular weight is 216 g/mol. The van der Waals surface area contributed by atoms with Crippen molar-refractivity contribution in [3.05, 3.63) is 42.0 Å². The maximum Gasteiger partial charge on any atom is 0.165 e. The summed E-state index contributed by atoms with van der Waals surface area (Å²) in [5.41, 5.74) is 1.88. The van der Waals surface area contributed by atoms with E-state index in [9.17, 15) is 15.3 Å². The second-order valence-corrected chi connectivity index (χ2v) is 3.62. The molecule has 0 saturated carbocycles. The van der Waals surface area contributed by atoms with E-state index in [1.54, 1.807) is 37.3 Å². The molecule has 0 unspecified atom stereocenters. The SMILES string of the molecule is Cc1c(O)cccc1-c1cccc(O)c1O. The first-order chi connectivity index (χ1) is 7.61. The van der Waals surface area contributed by atoms with E-state index < -0.39 is 0 Å². The number of phenols is 3. The van der Waals surface area contributed by atoms with Crippen molar-refractivity contribution in [3.8, 4) is 28.4 Å². The molecule has 3 nitrogen and oxygen atoms in total. The van der Waals surface area contributed by atoms with E-state index in [1.807, 2.05) is 0 Å². The predicted molar refractivity (Wildman–Crippen MR) is 61.6 cm³/mol. The third-order valence-corrected chi connectivity index (χ3v) is 2.61. The Labute approximate surface area is 93.2 Å². The summed E-state index contributed by atoms with van der Waals surface area (Å²) >= 11 is 0. The minimum absolute atomic E-state index is 0.166. The van der Waals surface area contributed by atoms with Crippen LogP contribution in [0, 0.1) is 6.92 Å². The standard InChI is InChI=1S/C13H12O3/c1-8-9(4-2-6-11(8)14)10-5-3-7-12(15)13(10)16/h2-7,14-16H,1H3. The second-order valence-electron chi connectivity index (χ2n) is 3.62. The van der Waals surface area contributed by atoms with Crippen LogP contribution in [0.4, 0.5) is 0 Å². The molecule has 82 valence electrons. The van der Waals surface area contributed by atoms with E-state index in [2.05, 4.69) is 0 Å². The molecule has 0 aliphatic carbocycles. The molecule has 0 aliphatic heterocycles. The highest BCUT2D eigenvalue weighted by Gasteiger charge is 2.11. The fourth-order valence-electron chi connectivity index (χ4n) is 1.66. The average Bonchev–Trinajstić information content (AvgIpc) is 2.27. The highest BCUT2D eigenvalue weighted by atomic mass is 16.3. The van der Waals surface area contributed by atoms with E-state index >= 15 is 0 Å². The van der Waals surface area contributed by atoms with Gasteiger partial charge in [-0.15, -0.1) is 0 Å². The van der Waals surface area contributed by atoms with Gasteiger partial charge in [0.25, 0.3) is 0 Å². The first kappa shape index (κ1) is 10.4. The highest BCUT2D eigenvalue weighted by Crippen LogP contribution is 2.39. The van der Waals surface area contributed by atoms with E-state index in [4.69, 9.17) is 0 Å². The first-order valence-corrected chi connectivity index (χ1v) is 4.91. The van der Waals surface area contributed by atoms with Gasteiger partial charge in [-0.3, -0.25) is 0 Å². The van der Waals surface area contributed by atoms with Crippen LogP contribution in [0.1, 0.15) is 5.56 Å². The third-order valence-electron chi connectivity index (χ3n) is 2.61. The second kappa shape index (κ2) is 3.77. The molecule has 0 spiro atoms. The molecule has 0 aromatic heterocycles. The van der Waals surface area contributed by atoms with Gasteiger partial charge in [0.1, 0.15) is 5.75 Å². The van der Waals surface area contributed by atoms with Crippen LogP contribution < -0.4 is 0 Å². The van der Waals surface area contributed by atoms with Gasteiger partial charge < -0.3 is 15.3 Å². The van der Waals surface area contributed by atoms with Gasteiger partial charge in [-0.2, -0.15) is 0 Å². The Kier molecular flexibility index (Phi) is 2.44. The molecule has 0 bridgehead atoms. The number of phenolic OH excluding ortho intramolecular Hbond substituents is 3. The molecule has 3 N–H and O–H groups in total. The molecule has 2 aromatic carbocycles. The topological polar surface area (TPSA) is 60.7 Å². The molecule has 2 rings (SSSR count). The monoisotopic (exact) mass is 216 g/mol. The van der Waals surface area contributed by atoms with Crippen LogP contribution >= 0.6 is 0 Å². The zero-order chi connectivity index (χ0) is 11.7. The van der Waals surface area contributed by atoms with Crippen molar-refractivity contribution < 1.29 is 15.3 Å². The van der Waals surface area contributed by atoms with Crippen molar-refractivity contribution in [1.82, 2.24) is 0 Å². The minimum Gasteiger partial charge on any atom is -0.508 e. The quantitative estimate of drug-likeness (QED) is 0.642. The van der Waals surface area contributed by atoms with Crippen molar-refractivity contribution >= 4 is 0 Å². The van der Waals surface area contributed by atoms with Crippen molar-refractivity contribution in [1.29, 1.82) is 0 Å². The van der Waals surface area contributed by atoms with Crippen LogP contribution in [-0.4, -0.2) is 15.3 Å². The van der Waals surface area contributed by atoms with Crippen LogP contribution in [0.3, 0.4) is 0 Å². The van der Waals surface area contributed by atoms with Crippen LogP contribution in [0.25, 0.3) is 11.1 Å². The summed E-state index contributed by atoms with van der Waals surface area (Å²) in [7, 11) is 0. The molecule has 0 heterocycles. The first-order valence-electron chi connectivity index (χ1n) is 4.91. The molecular weight excluding hydrogens is 204 g/mol. The molecule has 16 heavy (non-hydrogen) atoms. The number of para-hydroxylation sites is 1. The summed E-state index contributed by atoms with van der Waals surface area (Å²) in [4.78, 5) is 0. The molecule has 2 aromatic rings. The van der Waals surface area contributed by atoms with E-state index in [0.29, 0.717) is 16.7 Å². The number of benzene rings is 2. The van der Waals surface area contributed by atoms with Gasteiger partial charge in [-0.25, -0.2) is 0 Å². The summed E-state index contributed by atoms with van der Waals surface area (Å²) in [6, 6.07) is 9.81. The fourth-order valence-corrected chi connectivity index (χ4v) is 1.66. The Balaban J connectivity index is 2.68. The van der Waals surface area contributed by atoms with Crippen LogP contribution in [0.2, 0.25) is 0 Å². The predicted octanol–water partition coefficient (Wildman–Crippen LogP) is 2.78. The number of hydrogen-bond donors (Lipinski definition) is 3. The largest absolute Gasteiger partial charge is 0.508 e. The summed E-state index contributed by atoms with van der Waals surface area (Å²) < 4.78 is 0. The van der Waals surface area contributed by atoms with Crippen molar-refractivity contribution in [3.63, 3.8) is 0 Å². The van der Waals surface area contributed by atoms with Crippen molar-refractivity contribution in [2.24, 2.45) is 0 Å². The fraction of sp³-hybridized carbons (Fsp3) is 0.0769. The minimum atomic E-state index is -0.170. The molecule has 0 amide bonds. The molecule has 0 atom stereocenters. The van der Waals surface area contributed by atoms with Gasteiger partial charge in [0.05, 0.1) is 0 Å². The van der Waals surface area contributed by atoms with E-state index in [0.717, 1.165) is 0 Å². The maximum atomic E-state index is 9.73. The molecule has 0 radical (unpaired) electrons. The van der Waals surface area contributed by atoms with Crippen LogP contribution in [-0.2, 0) is 0 Å². The van der Waals surface area contributed by atoms with Gasteiger partial charge in [0.15, 0.2) is 11.5 Å². The van der Waals surface area contributed by atoms with Gasteiger partial charge in [-0.1, -0.05) is 24.3 Å². The Bertz CT molecular complexity index is 483. The normalized spacial score (nSPS) is 10.3. The lowest BCUT2D eigenvalue weighted by molar-refractivity contribution is 0.405. The highest BCUT2D eigenvalue weighted by molar-refractivity contribution is 5.76. The summed E-state index contributed by atoms with van der Waals surface area (Å²) in [5, 5.41) is 28.7. The Morgan fingerprint density at radius 2 is 1.31 bits per heavy atom. The molecule has 0 fully saturated rings. The summed E-state index contributed by atoms with van der Waals surface area (Å²) in [6.07, 6.45) is 0. The molecule has 0 aliphatic rings. The molecule has 0 saturated heterocycles.